The zero-order valence-corrected chi connectivity index (χ0v) is 10.2. The normalized spacial score (nSPS) is 10.5. The van der Waals surface area contributed by atoms with E-state index in [-0.39, 0.29) is 15.8 Å². The van der Waals surface area contributed by atoms with Gasteiger partial charge in [0.25, 0.3) is 5.22 Å². The van der Waals surface area contributed by atoms with Crippen LogP contribution in [0.4, 0.5) is 0 Å². The average Bonchev–Trinajstić information content (AvgIpc) is 2.63. The van der Waals surface area contributed by atoms with Crippen LogP contribution in [-0.4, -0.2) is 21.3 Å². The van der Waals surface area contributed by atoms with Crippen LogP contribution in [-0.2, 0) is 0 Å². The molecule has 1 N–H and O–H groups in total. The van der Waals surface area contributed by atoms with Gasteiger partial charge in [-0.05, 0) is 23.9 Å². The number of halogens is 1. The van der Waals surface area contributed by atoms with Crippen molar-refractivity contribution in [3.05, 3.63) is 34.7 Å². The second kappa shape index (κ2) is 4.77. The zero-order valence-electron chi connectivity index (χ0n) is 8.68. The average molecular weight is 271 g/mol. The number of aromatic carboxylic acids is 1. The first-order chi connectivity index (χ1) is 8.08. The van der Waals surface area contributed by atoms with Crippen molar-refractivity contribution in [2.24, 2.45) is 0 Å². The number of carboxylic acid groups (broad SMARTS) is 1. The first-order valence-electron chi connectivity index (χ1n) is 4.57. The molecule has 1 aromatic carbocycles. The fourth-order valence-corrected chi connectivity index (χ4v) is 2.40. The number of hydrogen-bond donors (Lipinski definition) is 1. The van der Waals surface area contributed by atoms with Crippen LogP contribution in [0.1, 0.15) is 16.2 Å². The lowest BCUT2D eigenvalue weighted by molar-refractivity contribution is 0.0693. The maximum atomic E-state index is 11.1. The Labute approximate surface area is 106 Å². The summed E-state index contributed by atoms with van der Waals surface area (Å²) in [6, 6.07) is 4.83. The van der Waals surface area contributed by atoms with Crippen molar-refractivity contribution >= 4 is 29.3 Å². The van der Waals surface area contributed by atoms with Gasteiger partial charge in [0.2, 0.25) is 5.89 Å². The molecule has 88 valence electrons. The molecule has 0 aliphatic rings. The highest BCUT2D eigenvalue weighted by molar-refractivity contribution is 7.99. The molecule has 7 heteroatoms. The molecule has 1 heterocycles. The van der Waals surface area contributed by atoms with E-state index in [1.165, 1.54) is 6.07 Å². The van der Waals surface area contributed by atoms with Crippen LogP contribution in [0.5, 0.6) is 0 Å². The molecule has 0 saturated carbocycles. The predicted octanol–water partition coefficient (Wildman–Crippen LogP) is 2.88. The molecule has 0 bridgehead atoms. The first kappa shape index (κ1) is 11.9. The summed E-state index contributed by atoms with van der Waals surface area (Å²) in [6.07, 6.45) is 0. The van der Waals surface area contributed by atoms with Gasteiger partial charge in [-0.2, -0.15) is 0 Å². The van der Waals surface area contributed by atoms with Gasteiger partial charge < -0.3 is 9.52 Å². The Balaban J connectivity index is 2.39. The predicted molar refractivity (Wildman–Crippen MR) is 61.6 cm³/mol. The Hall–Kier alpha value is -1.53. The second-order valence-corrected chi connectivity index (χ2v) is 4.51. The highest BCUT2D eigenvalue weighted by atomic mass is 35.5. The van der Waals surface area contributed by atoms with E-state index in [1.54, 1.807) is 19.1 Å². The van der Waals surface area contributed by atoms with Crippen LogP contribution in [0.15, 0.2) is 32.7 Å². The van der Waals surface area contributed by atoms with Gasteiger partial charge in [-0.3, -0.25) is 0 Å². The van der Waals surface area contributed by atoms with Gasteiger partial charge >= 0.3 is 5.97 Å². The number of rotatable bonds is 3. The monoisotopic (exact) mass is 270 g/mol. The largest absolute Gasteiger partial charge is 0.478 e. The minimum absolute atomic E-state index is 0.0371. The lowest BCUT2D eigenvalue weighted by atomic mass is 10.2. The van der Waals surface area contributed by atoms with E-state index in [9.17, 15) is 4.79 Å². The molecule has 0 unspecified atom stereocenters. The number of aromatic nitrogens is 2. The minimum atomic E-state index is -1.09. The van der Waals surface area contributed by atoms with Gasteiger partial charge in [0.1, 0.15) is 0 Å². The van der Waals surface area contributed by atoms with E-state index in [1.807, 2.05) is 0 Å². The molecule has 2 aromatic rings. The van der Waals surface area contributed by atoms with Gasteiger partial charge in [0.15, 0.2) is 0 Å². The number of hydrogen-bond acceptors (Lipinski definition) is 5. The molecule has 0 saturated heterocycles. The molecule has 0 aliphatic heterocycles. The number of aryl methyl sites for hydroxylation is 1. The molecule has 0 amide bonds. The summed E-state index contributed by atoms with van der Waals surface area (Å²) >= 11 is 6.91. The summed E-state index contributed by atoms with van der Waals surface area (Å²) in [4.78, 5) is 11.5. The van der Waals surface area contributed by atoms with Crippen molar-refractivity contribution in [3.8, 4) is 0 Å². The lowest BCUT2D eigenvalue weighted by Gasteiger charge is -2.04. The number of nitrogens with zero attached hydrogens (tertiary/aromatic N) is 2. The van der Waals surface area contributed by atoms with Gasteiger partial charge in [0, 0.05) is 11.8 Å². The van der Waals surface area contributed by atoms with Crippen LogP contribution in [0.2, 0.25) is 5.02 Å². The van der Waals surface area contributed by atoms with Crippen molar-refractivity contribution in [1.29, 1.82) is 0 Å². The zero-order chi connectivity index (χ0) is 12.4. The van der Waals surface area contributed by atoms with Crippen LogP contribution in [0, 0.1) is 6.92 Å². The first-order valence-corrected chi connectivity index (χ1v) is 5.77. The Morgan fingerprint density at radius 3 is 2.82 bits per heavy atom. The van der Waals surface area contributed by atoms with Crippen molar-refractivity contribution < 1.29 is 14.3 Å². The second-order valence-electron chi connectivity index (χ2n) is 3.11. The van der Waals surface area contributed by atoms with Crippen molar-refractivity contribution in [1.82, 2.24) is 10.2 Å². The van der Waals surface area contributed by atoms with E-state index < -0.39 is 5.97 Å². The van der Waals surface area contributed by atoms with Gasteiger partial charge in [0.05, 0.1) is 10.6 Å². The maximum Gasteiger partial charge on any atom is 0.338 e. The molecule has 5 nitrogen and oxygen atoms in total. The third-order valence-electron chi connectivity index (χ3n) is 1.89. The molecular weight excluding hydrogens is 264 g/mol. The fraction of sp³-hybridized carbons (Fsp3) is 0.100. The number of benzene rings is 1. The standard InChI is InChI=1S/C10H7ClN2O3S/c1-5-12-13-10(16-5)17-7-4-2-3-6(11)8(7)9(14)15/h2-4H,1H3,(H,14,15). The lowest BCUT2D eigenvalue weighted by Crippen LogP contribution is -1.99. The third-order valence-corrected chi connectivity index (χ3v) is 3.11. The molecule has 2 rings (SSSR count). The van der Waals surface area contributed by atoms with Gasteiger partial charge in [-0.1, -0.05) is 17.7 Å². The SMILES string of the molecule is Cc1nnc(Sc2cccc(Cl)c2C(=O)O)o1. The molecule has 0 atom stereocenters. The number of carbonyl (C=O) groups is 1. The van der Waals surface area contributed by atoms with Crippen LogP contribution >= 0.6 is 23.4 Å². The maximum absolute atomic E-state index is 11.1. The minimum Gasteiger partial charge on any atom is -0.478 e. The van der Waals surface area contributed by atoms with Crippen molar-refractivity contribution in [2.75, 3.05) is 0 Å². The molecule has 0 aliphatic carbocycles. The van der Waals surface area contributed by atoms with Crippen molar-refractivity contribution in [2.45, 2.75) is 17.0 Å². The third kappa shape index (κ3) is 2.59. The Kier molecular flexibility index (Phi) is 3.35. The summed E-state index contributed by atoms with van der Waals surface area (Å²) in [7, 11) is 0. The Bertz CT molecular complexity index is 570. The Morgan fingerprint density at radius 2 is 2.24 bits per heavy atom. The summed E-state index contributed by atoms with van der Waals surface area (Å²) in [5.41, 5.74) is 0.0371. The summed E-state index contributed by atoms with van der Waals surface area (Å²) in [5, 5.41) is 17.0. The molecule has 1 aromatic heterocycles. The molecule has 17 heavy (non-hydrogen) atoms. The van der Waals surface area contributed by atoms with E-state index in [0.717, 1.165) is 11.8 Å². The van der Waals surface area contributed by atoms with Crippen LogP contribution in [0.3, 0.4) is 0 Å². The highest BCUT2D eigenvalue weighted by Gasteiger charge is 2.17. The van der Waals surface area contributed by atoms with Crippen molar-refractivity contribution in [3.63, 3.8) is 0 Å². The summed E-state index contributed by atoms with van der Waals surface area (Å²) in [5.74, 6) is -0.666. The van der Waals surface area contributed by atoms with E-state index in [0.29, 0.717) is 10.8 Å². The molecule has 0 fully saturated rings. The Morgan fingerprint density at radius 1 is 1.47 bits per heavy atom. The molecule has 0 spiro atoms. The van der Waals surface area contributed by atoms with E-state index in [2.05, 4.69) is 10.2 Å². The highest BCUT2D eigenvalue weighted by Crippen LogP contribution is 2.32. The van der Waals surface area contributed by atoms with Gasteiger partial charge in [-0.25, -0.2) is 4.79 Å². The quantitative estimate of drug-likeness (QED) is 0.924. The molecule has 0 radical (unpaired) electrons. The summed E-state index contributed by atoms with van der Waals surface area (Å²) < 4.78 is 5.17. The molecular formula is C10H7ClN2O3S. The smallest absolute Gasteiger partial charge is 0.338 e. The summed E-state index contributed by atoms with van der Waals surface area (Å²) in [6.45, 7) is 1.66. The van der Waals surface area contributed by atoms with E-state index in [4.69, 9.17) is 21.1 Å². The topological polar surface area (TPSA) is 76.2 Å². The van der Waals surface area contributed by atoms with E-state index >= 15 is 0 Å². The fourth-order valence-electron chi connectivity index (χ4n) is 1.21. The van der Waals surface area contributed by atoms with Crippen LogP contribution in [0.25, 0.3) is 0 Å². The van der Waals surface area contributed by atoms with Crippen LogP contribution < -0.4 is 0 Å². The number of carboxylic acids is 1. The van der Waals surface area contributed by atoms with Gasteiger partial charge in [-0.15, -0.1) is 10.2 Å².